The first-order chi connectivity index (χ1) is 7.36. The van der Waals surface area contributed by atoms with Gasteiger partial charge in [0.1, 0.15) is 0 Å². The lowest BCUT2D eigenvalue weighted by atomic mass is 10.4. The first kappa shape index (κ1) is 9.85. The van der Waals surface area contributed by atoms with Crippen LogP contribution in [0.15, 0.2) is 23.2 Å². The maximum atomic E-state index is 5.80. The molecule has 2 heterocycles. The monoisotopic (exact) mass is 225 g/mol. The Morgan fingerprint density at radius 3 is 2.87 bits per heavy atom. The largest absolute Gasteiger partial charge is 0.367 e. The van der Waals surface area contributed by atoms with Crippen molar-refractivity contribution < 1.29 is 4.52 Å². The summed E-state index contributed by atoms with van der Waals surface area (Å²) in [6.45, 7) is 0.612. The van der Waals surface area contributed by atoms with Gasteiger partial charge in [0.2, 0.25) is 5.89 Å². The van der Waals surface area contributed by atoms with Gasteiger partial charge >= 0.3 is 0 Å². The van der Waals surface area contributed by atoms with Crippen LogP contribution in [0.4, 0.5) is 5.82 Å². The Morgan fingerprint density at radius 2 is 2.13 bits per heavy atom. The number of hydrogen-bond donors (Lipinski definition) is 1. The minimum atomic E-state index is 0.350. The van der Waals surface area contributed by atoms with Gasteiger partial charge in [0, 0.05) is 25.4 Å². The maximum Gasteiger partial charge on any atom is 0.228 e. The standard InChI is InChI=1S/C8H8ClN5O/c9-7-8(12-4-3-10-7)11-2-1-6-13-5-14-15-6/h3-5H,1-2H2,(H,11,12). The van der Waals surface area contributed by atoms with Crippen molar-refractivity contribution >= 4 is 17.4 Å². The van der Waals surface area contributed by atoms with Crippen LogP contribution in [0.1, 0.15) is 5.89 Å². The number of rotatable bonds is 4. The fourth-order valence-corrected chi connectivity index (χ4v) is 1.21. The van der Waals surface area contributed by atoms with E-state index in [0.717, 1.165) is 0 Å². The third kappa shape index (κ3) is 2.63. The Labute approximate surface area is 90.7 Å². The van der Waals surface area contributed by atoms with Gasteiger partial charge in [-0.1, -0.05) is 16.8 Å². The quantitative estimate of drug-likeness (QED) is 0.842. The van der Waals surface area contributed by atoms with Crippen molar-refractivity contribution in [3.05, 3.63) is 29.8 Å². The summed E-state index contributed by atoms with van der Waals surface area (Å²) < 4.78 is 4.83. The van der Waals surface area contributed by atoms with Gasteiger partial charge in [0.05, 0.1) is 0 Å². The van der Waals surface area contributed by atoms with E-state index in [2.05, 4.69) is 25.4 Å². The van der Waals surface area contributed by atoms with Crippen molar-refractivity contribution in [3.8, 4) is 0 Å². The molecular weight excluding hydrogens is 218 g/mol. The number of aromatic nitrogens is 4. The molecule has 0 saturated carbocycles. The summed E-state index contributed by atoms with van der Waals surface area (Å²) in [5.41, 5.74) is 0. The Hall–Kier alpha value is -1.69. The van der Waals surface area contributed by atoms with Crippen molar-refractivity contribution in [1.82, 2.24) is 20.1 Å². The minimum absolute atomic E-state index is 0.350. The lowest BCUT2D eigenvalue weighted by molar-refractivity contribution is 0.379. The summed E-state index contributed by atoms with van der Waals surface area (Å²) in [4.78, 5) is 11.8. The first-order valence-corrected chi connectivity index (χ1v) is 4.70. The molecule has 0 fully saturated rings. The summed E-state index contributed by atoms with van der Waals surface area (Å²) in [6.07, 6.45) is 5.09. The smallest absolute Gasteiger partial charge is 0.228 e. The summed E-state index contributed by atoms with van der Waals surface area (Å²) in [6, 6.07) is 0. The molecule has 7 heteroatoms. The summed E-state index contributed by atoms with van der Waals surface area (Å²) in [5.74, 6) is 1.13. The molecule has 6 nitrogen and oxygen atoms in total. The second kappa shape index (κ2) is 4.70. The molecule has 0 saturated heterocycles. The molecule has 15 heavy (non-hydrogen) atoms. The number of nitrogens with one attached hydrogen (secondary N) is 1. The van der Waals surface area contributed by atoms with Crippen molar-refractivity contribution in [2.45, 2.75) is 6.42 Å². The summed E-state index contributed by atoms with van der Waals surface area (Å²) in [7, 11) is 0. The van der Waals surface area contributed by atoms with E-state index < -0.39 is 0 Å². The van der Waals surface area contributed by atoms with Gasteiger partial charge in [0.15, 0.2) is 17.3 Å². The molecule has 0 spiro atoms. The molecule has 0 aliphatic rings. The van der Waals surface area contributed by atoms with Gasteiger partial charge in [-0.15, -0.1) is 0 Å². The predicted molar refractivity (Wildman–Crippen MR) is 53.5 cm³/mol. The van der Waals surface area contributed by atoms with Crippen LogP contribution in [-0.4, -0.2) is 26.7 Å². The van der Waals surface area contributed by atoms with Gasteiger partial charge in [-0.05, 0) is 0 Å². The Balaban J connectivity index is 1.86. The number of hydrogen-bond acceptors (Lipinski definition) is 6. The molecule has 0 aromatic carbocycles. The average molecular weight is 226 g/mol. The average Bonchev–Trinajstić information content (AvgIpc) is 2.74. The van der Waals surface area contributed by atoms with E-state index in [9.17, 15) is 0 Å². The first-order valence-electron chi connectivity index (χ1n) is 4.32. The Bertz CT molecular complexity index is 419. The number of nitrogens with zero attached hydrogens (tertiary/aromatic N) is 4. The van der Waals surface area contributed by atoms with Gasteiger partial charge in [-0.25, -0.2) is 9.97 Å². The molecule has 0 bridgehead atoms. The van der Waals surface area contributed by atoms with Crippen molar-refractivity contribution in [2.75, 3.05) is 11.9 Å². The lowest BCUT2D eigenvalue weighted by Gasteiger charge is -2.03. The summed E-state index contributed by atoms with van der Waals surface area (Å²) >= 11 is 5.80. The van der Waals surface area contributed by atoms with E-state index in [1.54, 1.807) is 6.20 Å². The van der Waals surface area contributed by atoms with Crippen molar-refractivity contribution in [1.29, 1.82) is 0 Å². The fraction of sp³-hybridized carbons (Fsp3) is 0.250. The molecule has 2 rings (SSSR count). The highest BCUT2D eigenvalue weighted by Crippen LogP contribution is 2.13. The van der Waals surface area contributed by atoms with Crippen LogP contribution in [0.3, 0.4) is 0 Å². The number of halogens is 1. The number of anilines is 1. The maximum absolute atomic E-state index is 5.80. The van der Waals surface area contributed by atoms with Crippen LogP contribution in [0.5, 0.6) is 0 Å². The molecule has 2 aromatic heterocycles. The van der Waals surface area contributed by atoms with Crippen LogP contribution < -0.4 is 5.32 Å². The lowest BCUT2D eigenvalue weighted by Crippen LogP contribution is -2.07. The van der Waals surface area contributed by atoms with Crippen LogP contribution in [-0.2, 0) is 6.42 Å². The fourth-order valence-electron chi connectivity index (χ4n) is 1.03. The van der Waals surface area contributed by atoms with Crippen LogP contribution in [0.25, 0.3) is 0 Å². The zero-order chi connectivity index (χ0) is 10.5. The van der Waals surface area contributed by atoms with Crippen molar-refractivity contribution in [2.24, 2.45) is 0 Å². The SMILES string of the molecule is Clc1nccnc1NCCc1ncno1. The van der Waals surface area contributed by atoms with Gasteiger partial charge in [-0.2, -0.15) is 4.98 Å². The van der Waals surface area contributed by atoms with E-state index in [0.29, 0.717) is 29.8 Å². The molecule has 0 radical (unpaired) electrons. The van der Waals surface area contributed by atoms with E-state index in [1.807, 2.05) is 0 Å². The molecule has 1 N–H and O–H groups in total. The Morgan fingerprint density at radius 1 is 1.27 bits per heavy atom. The molecule has 0 atom stereocenters. The van der Waals surface area contributed by atoms with Gasteiger partial charge in [-0.3, -0.25) is 0 Å². The second-order valence-corrected chi connectivity index (χ2v) is 3.07. The highest BCUT2D eigenvalue weighted by Gasteiger charge is 2.02. The molecule has 0 aliphatic carbocycles. The van der Waals surface area contributed by atoms with E-state index in [4.69, 9.17) is 16.1 Å². The zero-order valence-electron chi connectivity index (χ0n) is 7.72. The zero-order valence-corrected chi connectivity index (χ0v) is 8.48. The van der Waals surface area contributed by atoms with Crippen LogP contribution in [0, 0.1) is 0 Å². The highest BCUT2D eigenvalue weighted by molar-refractivity contribution is 6.31. The third-order valence-electron chi connectivity index (χ3n) is 1.69. The van der Waals surface area contributed by atoms with E-state index in [1.165, 1.54) is 12.5 Å². The topological polar surface area (TPSA) is 76.7 Å². The molecule has 78 valence electrons. The minimum Gasteiger partial charge on any atom is -0.367 e. The predicted octanol–water partition coefficient (Wildman–Crippen LogP) is 1.17. The van der Waals surface area contributed by atoms with Crippen LogP contribution >= 0.6 is 11.6 Å². The van der Waals surface area contributed by atoms with E-state index >= 15 is 0 Å². The Kier molecular flexibility index (Phi) is 3.08. The van der Waals surface area contributed by atoms with E-state index in [-0.39, 0.29) is 0 Å². The molecule has 2 aromatic rings. The molecule has 0 aliphatic heterocycles. The summed E-state index contributed by atoms with van der Waals surface area (Å²) in [5, 5.41) is 6.87. The highest BCUT2D eigenvalue weighted by atomic mass is 35.5. The molecule has 0 amide bonds. The molecule has 0 unspecified atom stereocenters. The third-order valence-corrected chi connectivity index (χ3v) is 1.97. The van der Waals surface area contributed by atoms with Crippen LogP contribution in [0.2, 0.25) is 5.15 Å². The van der Waals surface area contributed by atoms with Gasteiger partial charge in [0.25, 0.3) is 0 Å². The second-order valence-electron chi connectivity index (χ2n) is 2.71. The normalized spacial score (nSPS) is 10.2. The van der Waals surface area contributed by atoms with Gasteiger partial charge < -0.3 is 9.84 Å². The van der Waals surface area contributed by atoms with Crippen molar-refractivity contribution in [3.63, 3.8) is 0 Å². The molecular formula is C8H8ClN5O.